The lowest BCUT2D eigenvalue weighted by atomic mass is 9.83. The predicted octanol–water partition coefficient (Wildman–Crippen LogP) is 3.42. The Morgan fingerprint density at radius 1 is 1.25 bits per heavy atom. The van der Waals surface area contributed by atoms with Crippen LogP contribution in [0.5, 0.6) is 0 Å². The highest BCUT2D eigenvalue weighted by Crippen LogP contribution is 2.31. The smallest absolute Gasteiger partial charge is 0.257 e. The standard InChI is InChI=1S/C22H27N3O3/c1-16-20(9-12-28-16)22(27)24-11-4-8-19(15-24)25(21(26)18-6-2-7-18)14-17-5-3-10-23-13-17/h3,5,9-10,12-13,18-19H,2,4,6-8,11,14-15H2,1H3. The number of amides is 2. The maximum absolute atomic E-state index is 13.2. The fourth-order valence-electron chi connectivity index (χ4n) is 4.14. The average molecular weight is 381 g/mol. The Hall–Kier alpha value is -2.63. The Balaban J connectivity index is 1.52. The van der Waals surface area contributed by atoms with Crippen molar-refractivity contribution in [3.63, 3.8) is 0 Å². The molecular formula is C22H27N3O3. The second kappa shape index (κ2) is 8.17. The number of pyridine rings is 1. The van der Waals surface area contributed by atoms with Crippen molar-refractivity contribution >= 4 is 11.8 Å². The summed E-state index contributed by atoms with van der Waals surface area (Å²) in [5, 5.41) is 0. The van der Waals surface area contributed by atoms with Gasteiger partial charge in [0.15, 0.2) is 0 Å². The second-order valence-corrected chi connectivity index (χ2v) is 7.89. The number of nitrogens with zero attached hydrogens (tertiary/aromatic N) is 3. The van der Waals surface area contributed by atoms with Gasteiger partial charge in [-0.15, -0.1) is 0 Å². The van der Waals surface area contributed by atoms with Crippen LogP contribution >= 0.6 is 0 Å². The molecule has 1 saturated carbocycles. The van der Waals surface area contributed by atoms with Gasteiger partial charge < -0.3 is 14.2 Å². The van der Waals surface area contributed by atoms with Crippen molar-refractivity contribution in [2.24, 2.45) is 5.92 Å². The van der Waals surface area contributed by atoms with Crippen molar-refractivity contribution in [2.75, 3.05) is 13.1 Å². The monoisotopic (exact) mass is 381 g/mol. The van der Waals surface area contributed by atoms with Crippen LogP contribution in [0.25, 0.3) is 0 Å². The first kappa shape index (κ1) is 18.7. The zero-order chi connectivity index (χ0) is 19.5. The van der Waals surface area contributed by atoms with E-state index in [9.17, 15) is 9.59 Å². The van der Waals surface area contributed by atoms with E-state index in [1.165, 1.54) is 0 Å². The molecular weight excluding hydrogens is 354 g/mol. The topological polar surface area (TPSA) is 66.7 Å². The van der Waals surface area contributed by atoms with E-state index in [-0.39, 0.29) is 23.8 Å². The number of hydrogen-bond acceptors (Lipinski definition) is 4. The minimum absolute atomic E-state index is 0.00614. The Morgan fingerprint density at radius 3 is 2.75 bits per heavy atom. The molecule has 2 aliphatic rings. The summed E-state index contributed by atoms with van der Waals surface area (Å²) in [7, 11) is 0. The van der Waals surface area contributed by atoms with Crippen molar-refractivity contribution < 1.29 is 14.0 Å². The third-order valence-corrected chi connectivity index (χ3v) is 6.03. The Labute approximate surface area is 165 Å². The zero-order valence-corrected chi connectivity index (χ0v) is 16.3. The third kappa shape index (κ3) is 3.81. The van der Waals surface area contributed by atoms with Crippen LogP contribution in [0.3, 0.4) is 0 Å². The molecule has 6 nitrogen and oxygen atoms in total. The minimum atomic E-state index is -0.00614. The Morgan fingerprint density at radius 2 is 2.11 bits per heavy atom. The first-order valence-corrected chi connectivity index (χ1v) is 10.2. The molecule has 28 heavy (non-hydrogen) atoms. The molecule has 2 aromatic heterocycles. The molecule has 4 rings (SSSR count). The molecule has 3 heterocycles. The van der Waals surface area contributed by atoms with E-state index in [1.54, 1.807) is 18.5 Å². The SMILES string of the molecule is Cc1occc1C(=O)N1CCCC(N(Cc2cccnc2)C(=O)C2CCC2)C1. The molecule has 2 aromatic rings. The van der Waals surface area contributed by atoms with Crippen molar-refractivity contribution in [3.8, 4) is 0 Å². The van der Waals surface area contributed by atoms with E-state index in [4.69, 9.17) is 4.42 Å². The van der Waals surface area contributed by atoms with E-state index in [2.05, 4.69) is 4.98 Å². The van der Waals surface area contributed by atoms with Crippen molar-refractivity contribution in [3.05, 3.63) is 53.7 Å². The summed E-state index contributed by atoms with van der Waals surface area (Å²) >= 11 is 0. The molecule has 2 amide bonds. The minimum Gasteiger partial charge on any atom is -0.469 e. The number of furan rings is 1. The van der Waals surface area contributed by atoms with Gasteiger partial charge in [-0.05, 0) is 50.3 Å². The van der Waals surface area contributed by atoms with E-state index in [1.807, 2.05) is 35.1 Å². The Bertz CT molecular complexity index is 829. The lowest BCUT2D eigenvalue weighted by molar-refractivity contribution is -0.142. The van der Waals surface area contributed by atoms with Crippen LogP contribution in [0.1, 0.15) is 53.8 Å². The van der Waals surface area contributed by atoms with E-state index < -0.39 is 0 Å². The van der Waals surface area contributed by atoms with Crippen LogP contribution in [-0.2, 0) is 11.3 Å². The van der Waals surface area contributed by atoms with Crippen LogP contribution in [0.2, 0.25) is 0 Å². The Kier molecular flexibility index (Phi) is 5.46. The van der Waals surface area contributed by atoms with Gasteiger partial charge >= 0.3 is 0 Å². The second-order valence-electron chi connectivity index (χ2n) is 7.89. The fraction of sp³-hybridized carbons (Fsp3) is 0.500. The van der Waals surface area contributed by atoms with Gasteiger partial charge in [0, 0.05) is 44.0 Å². The molecule has 1 unspecified atom stereocenters. The maximum atomic E-state index is 13.2. The van der Waals surface area contributed by atoms with Gasteiger partial charge in [-0.1, -0.05) is 12.5 Å². The van der Waals surface area contributed by atoms with Gasteiger partial charge in [0.05, 0.1) is 11.8 Å². The molecule has 0 N–H and O–H groups in total. The molecule has 0 aromatic carbocycles. The molecule has 0 spiro atoms. The average Bonchev–Trinajstić information content (AvgIpc) is 3.11. The summed E-state index contributed by atoms with van der Waals surface area (Å²) in [6.07, 6.45) is 10.0. The zero-order valence-electron chi connectivity index (χ0n) is 16.3. The summed E-state index contributed by atoms with van der Waals surface area (Å²) in [5.41, 5.74) is 1.65. The van der Waals surface area contributed by atoms with Gasteiger partial charge in [0.25, 0.3) is 5.91 Å². The summed E-state index contributed by atoms with van der Waals surface area (Å²) in [6, 6.07) is 5.68. The number of carbonyl (C=O) groups is 2. The molecule has 2 fully saturated rings. The highest BCUT2D eigenvalue weighted by atomic mass is 16.3. The predicted molar refractivity (Wildman–Crippen MR) is 104 cm³/mol. The van der Waals surface area contributed by atoms with Crippen molar-refractivity contribution in [1.29, 1.82) is 0 Å². The van der Waals surface area contributed by atoms with Gasteiger partial charge in [-0.25, -0.2) is 0 Å². The van der Waals surface area contributed by atoms with Crippen molar-refractivity contribution in [1.82, 2.24) is 14.8 Å². The van der Waals surface area contributed by atoms with E-state index >= 15 is 0 Å². The van der Waals surface area contributed by atoms with Crippen LogP contribution in [0, 0.1) is 12.8 Å². The van der Waals surface area contributed by atoms with E-state index in [0.29, 0.717) is 24.4 Å². The molecule has 148 valence electrons. The molecule has 6 heteroatoms. The number of piperidine rings is 1. The number of aromatic nitrogens is 1. The first-order valence-electron chi connectivity index (χ1n) is 10.2. The molecule has 0 bridgehead atoms. The van der Waals surface area contributed by atoms with Gasteiger partial charge in [0.1, 0.15) is 5.76 Å². The van der Waals surface area contributed by atoms with Crippen LogP contribution < -0.4 is 0 Å². The van der Waals surface area contributed by atoms with Crippen LogP contribution in [0.4, 0.5) is 0 Å². The fourth-order valence-corrected chi connectivity index (χ4v) is 4.14. The summed E-state index contributed by atoms with van der Waals surface area (Å²) < 4.78 is 5.30. The lowest BCUT2D eigenvalue weighted by Crippen LogP contribution is -2.53. The molecule has 1 saturated heterocycles. The third-order valence-electron chi connectivity index (χ3n) is 6.03. The quantitative estimate of drug-likeness (QED) is 0.796. The molecule has 1 atom stereocenters. The van der Waals surface area contributed by atoms with Gasteiger partial charge in [0.2, 0.25) is 5.91 Å². The van der Waals surface area contributed by atoms with Gasteiger partial charge in [-0.3, -0.25) is 14.6 Å². The van der Waals surface area contributed by atoms with Crippen LogP contribution in [0.15, 0.2) is 41.3 Å². The summed E-state index contributed by atoms with van der Waals surface area (Å²) in [6.45, 7) is 3.66. The number of carbonyl (C=O) groups excluding carboxylic acids is 2. The number of aryl methyl sites for hydroxylation is 1. The van der Waals surface area contributed by atoms with Gasteiger partial charge in [-0.2, -0.15) is 0 Å². The first-order chi connectivity index (χ1) is 13.6. The molecule has 1 aliphatic heterocycles. The van der Waals surface area contributed by atoms with Crippen LogP contribution in [-0.4, -0.2) is 45.7 Å². The lowest BCUT2D eigenvalue weighted by Gasteiger charge is -2.42. The van der Waals surface area contributed by atoms with E-state index in [0.717, 1.165) is 44.2 Å². The maximum Gasteiger partial charge on any atom is 0.257 e. The summed E-state index contributed by atoms with van der Waals surface area (Å²) in [4.78, 5) is 34.2. The number of likely N-dealkylation sites (tertiary alicyclic amines) is 1. The molecule has 1 aliphatic carbocycles. The highest BCUT2D eigenvalue weighted by molar-refractivity contribution is 5.95. The number of hydrogen-bond donors (Lipinski definition) is 0. The normalized spacial score (nSPS) is 19.9. The number of rotatable bonds is 5. The largest absolute Gasteiger partial charge is 0.469 e. The van der Waals surface area contributed by atoms with Crippen molar-refractivity contribution in [2.45, 2.75) is 51.6 Å². The highest BCUT2D eigenvalue weighted by Gasteiger charge is 2.36. The molecule has 0 radical (unpaired) electrons. The summed E-state index contributed by atoms with van der Waals surface area (Å²) in [5.74, 6) is 1.01.